The van der Waals surface area contributed by atoms with E-state index >= 15 is 0 Å². The van der Waals surface area contributed by atoms with Crippen LogP contribution in [0.2, 0.25) is 0 Å². The number of nitrogens with two attached hydrogens (primary N) is 1. The molecule has 0 rings (SSSR count). The Hall–Kier alpha value is -1.74. The average Bonchev–Trinajstić information content (AvgIpc) is 2.35. The molecule has 10 heteroatoms. The van der Waals surface area contributed by atoms with Gasteiger partial charge in [-0.05, 0) is 18.3 Å². The molecule has 0 spiro atoms. The van der Waals surface area contributed by atoms with Gasteiger partial charge in [0, 0.05) is 0 Å². The summed E-state index contributed by atoms with van der Waals surface area (Å²) in [4.78, 5) is 33.2. The minimum absolute atomic E-state index is 0. The molecule has 0 aliphatic rings. The molecular weight excluding hydrogens is 295 g/mol. The number of rotatable bonds is 6. The third-order valence-electron chi connectivity index (χ3n) is 2.12. The Kier molecular flexibility index (Phi) is 17.9. The zero-order valence-corrected chi connectivity index (χ0v) is 13.1. The number of carbonyl (C=O) groups excluding carboxylic acids is 1. The highest BCUT2D eigenvalue weighted by Gasteiger charge is 2.19. The molecule has 0 unspecified atom stereocenters. The van der Waals surface area contributed by atoms with E-state index in [4.69, 9.17) is 26.0 Å². The molecule has 22 heavy (non-hydrogen) atoms. The summed E-state index contributed by atoms with van der Waals surface area (Å²) in [6.07, 6.45) is 1.78. The van der Waals surface area contributed by atoms with Gasteiger partial charge in [-0.3, -0.25) is 4.79 Å². The second kappa shape index (κ2) is 15.6. The zero-order chi connectivity index (χ0) is 18.3. The molecule has 0 saturated carbocycles. The molecule has 0 aromatic rings. The van der Waals surface area contributed by atoms with Gasteiger partial charge in [-0.25, -0.2) is 9.59 Å². The van der Waals surface area contributed by atoms with Crippen molar-refractivity contribution in [3.05, 3.63) is 0 Å². The minimum atomic E-state index is -1.08. The number of carboxylic acids is 2. The first-order valence-electron chi connectivity index (χ1n) is 6.43. The number of hydrogen-bond acceptors (Lipinski definition) is 7. The van der Waals surface area contributed by atoms with Crippen LogP contribution in [-0.2, 0) is 14.4 Å². The maximum Gasteiger partial charge on any atom is 0.482 e. The Morgan fingerprint density at radius 3 is 1.64 bits per heavy atom. The van der Waals surface area contributed by atoms with Gasteiger partial charge in [0.15, 0.2) is 6.04 Å². The molecule has 9 nitrogen and oxygen atoms in total. The summed E-state index contributed by atoms with van der Waals surface area (Å²) in [6, 6.07) is -1.64. The van der Waals surface area contributed by atoms with E-state index in [1.54, 1.807) is 13.8 Å². The quantitative estimate of drug-likeness (QED) is 0.245. The van der Waals surface area contributed by atoms with Gasteiger partial charge in [0.1, 0.15) is 6.04 Å². The number of carbonyl (C=O) groups is 2. The topological polar surface area (TPSA) is 171 Å². The van der Waals surface area contributed by atoms with Gasteiger partial charge in [-0.15, -0.1) is 0 Å². The molecule has 1 radical (unpaired) electrons. The molecule has 6 N–H and O–H groups in total. The van der Waals surface area contributed by atoms with Gasteiger partial charge >= 0.3 is 19.6 Å². The van der Waals surface area contributed by atoms with Crippen molar-refractivity contribution in [2.75, 3.05) is 0 Å². The van der Waals surface area contributed by atoms with Crippen LogP contribution >= 0.6 is 0 Å². The van der Waals surface area contributed by atoms with Gasteiger partial charge in [-0.1, -0.05) is 27.7 Å². The molecule has 127 valence electrons. The number of isocyanates is 1. The van der Waals surface area contributed by atoms with Crippen molar-refractivity contribution in [1.82, 2.24) is 0 Å². The molecule has 0 fully saturated rings. The molecule has 0 aliphatic carbocycles. The van der Waals surface area contributed by atoms with Crippen molar-refractivity contribution in [2.24, 2.45) is 22.6 Å². The highest BCUT2D eigenvalue weighted by atomic mass is 16.4. The predicted octanol–water partition coefficient (Wildman–Crippen LogP) is -0.619. The Labute approximate surface area is 130 Å². The second-order valence-electron chi connectivity index (χ2n) is 4.94. The van der Waals surface area contributed by atoms with Crippen LogP contribution in [0.25, 0.3) is 0 Å². The van der Waals surface area contributed by atoms with Crippen molar-refractivity contribution in [3.63, 3.8) is 0 Å². The largest absolute Gasteiger partial charge is 0.482 e. The normalized spacial score (nSPS) is 11.9. The lowest BCUT2D eigenvalue weighted by Crippen LogP contribution is -2.31. The van der Waals surface area contributed by atoms with Crippen LogP contribution in [0.3, 0.4) is 0 Å². The molecular formula is C12H24BN2O7. The van der Waals surface area contributed by atoms with Crippen molar-refractivity contribution in [3.8, 4) is 0 Å². The smallest absolute Gasteiger partial charge is 0.480 e. The van der Waals surface area contributed by atoms with E-state index in [2.05, 4.69) is 4.99 Å². The summed E-state index contributed by atoms with van der Waals surface area (Å²) in [6.45, 7) is 7.25. The van der Waals surface area contributed by atoms with Crippen molar-refractivity contribution >= 4 is 25.7 Å². The van der Waals surface area contributed by atoms with E-state index in [9.17, 15) is 14.4 Å². The van der Waals surface area contributed by atoms with Crippen LogP contribution in [0.4, 0.5) is 0 Å². The van der Waals surface area contributed by atoms with Crippen LogP contribution in [0.15, 0.2) is 4.99 Å². The van der Waals surface area contributed by atoms with Gasteiger partial charge < -0.3 is 26.0 Å². The molecule has 0 aromatic carbocycles. The molecule has 0 bridgehead atoms. The van der Waals surface area contributed by atoms with Gasteiger partial charge in [0.25, 0.3) is 0 Å². The van der Waals surface area contributed by atoms with Gasteiger partial charge in [0.05, 0.1) is 0 Å². The fourth-order valence-corrected chi connectivity index (χ4v) is 1.15. The summed E-state index contributed by atoms with van der Waals surface area (Å²) >= 11 is 0. The van der Waals surface area contributed by atoms with E-state index in [-0.39, 0.29) is 13.6 Å². The highest BCUT2D eigenvalue weighted by molar-refractivity contribution is 6.13. The molecule has 0 heterocycles. The van der Waals surface area contributed by atoms with E-state index in [1.807, 2.05) is 13.8 Å². The molecule has 0 aliphatic heterocycles. The van der Waals surface area contributed by atoms with Gasteiger partial charge in [-0.2, -0.15) is 4.99 Å². The number of hydrogen-bond donors (Lipinski definition) is 5. The maximum atomic E-state index is 10.3. The first kappa shape index (κ1) is 25.2. The Morgan fingerprint density at radius 1 is 1.14 bits per heavy atom. The van der Waals surface area contributed by atoms with Crippen LogP contribution < -0.4 is 5.73 Å². The van der Waals surface area contributed by atoms with E-state index in [1.165, 1.54) is 6.08 Å². The summed E-state index contributed by atoms with van der Waals surface area (Å²) in [5.41, 5.74) is 5.22. The summed E-state index contributed by atoms with van der Waals surface area (Å²) in [5, 5.41) is 30.7. The maximum absolute atomic E-state index is 10.3. The average molecular weight is 319 g/mol. The number of nitrogens with zero attached hydrogens (tertiary/aromatic N) is 1. The SMILES string of the molecule is CC(C)C[C@H](N)C(=O)O.CC(C)[C@@H](N=C=O)C(=O)O.O[B]O. The number of carboxylic acid groups (broad SMARTS) is 2. The number of aliphatic carboxylic acids is 2. The molecule has 2 atom stereocenters. The fraction of sp³-hybridized carbons (Fsp3) is 0.750. The lowest BCUT2D eigenvalue weighted by Gasteiger charge is -2.07. The fourth-order valence-electron chi connectivity index (χ4n) is 1.15. The summed E-state index contributed by atoms with van der Waals surface area (Å²) in [5.74, 6) is -1.81. The third-order valence-corrected chi connectivity index (χ3v) is 2.12. The van der Waals surface area contributed by atoms with E-state index < -0.39 is 24.0 Å². The Bertz CT molecular complexity index is 355. The van der Waals surface area contributed by atoms with Crippen LogP contribution in [0.5, 0.6) is 0 Å². The van der Waals surface area contributed by atoms with Crippen molar-refractivity contribution < 1.29 is 34.6 Å². The summed E-state index contributed by atoms with van der Waals surface area (Å²) in [7, 11) is 0. The van der Waals surface area contributed by atoms with Crippen LogP contribution in [0.1, 0.15) is 34.1 Å². The lowest BCUT2D eigenvalue weighted by atomic mass is 10.1. The second-order valence-corrected chi connectivity index (χ2v) is 4.94. The standard InChI is InChI=1S/C6H9NO3.C6H13NO2.BH2O2/c1-4(2)5(6(9)10)7-3-8;1-4(2)3-5(7)6(8)9;2-1-3/h4-5H,1-2H3,(H,9,10);4-5H,3,7H2,1-2H3,(H,8,9);2-3H/t2*5-;/m10./s1. The first-order chi connectivity index (χ1) is 10.0. The van der Waals surface area contributed by atoms with E-state index in [0.29, 0.717) is 12.3 Å². The van der Waals surface area contributed by atoms with Crippen LogP contribution in [0, 0.1) is 11.8 Å². The van der Waals surface area contributed by atoms with Gasteiger partial charge in [0.2, 0.25) is 6.08 Å². The molecule has 0 aromatic heterocycles. The number of aliphatic imine (C=N–C) groups is 1. The minimum Gasteiger partial charge on any atom is -0.480 e. The highest BCUT2D eigenvalue weighted by Crippen LogP contribution is 2.04. The monoisotopic (exact) mass is 319 g/mol. The zero-order valence-electron chi connectivity index (χ0n) is 13.1. The third kappa shape index (κ3) is 18.3. The summed E-state index contributed by atoms with van der Waals surface area (Å²) < 4.78 is 0. The lowest BCUT2D eigenvalue weighted by molar-refractivity contribution is -0.140. The van der Waals surface area contributed by atoms with Crippen LogP contribution in [-0.4, -0.2) is 58.0 Å². The van der Waals surface area contributed by atoms with E-state index in [0.717, 1.165) is 0 Å². The van der Waals surface area contributed by atoms with Crippen molar-refractivity contribution in [2.45, 2.75) is 46.2 Å². The Balaban J connectivity index is -0.000000279. The van der Waals surface area contributed by atoms with Crippen molar-refractivity contribution in [1.29, 1.82) is 0 Å². The molecule has 0 amide bonds. The molecule has 0 saturated heterocycles. The Morgan fingerprint density at radius 2 is 1.55 bits per heavy atom. The predicted molar refractivity (Wildman–Crippen MR) is 79.6 cm³/mol. The first-order valence-corrected chi connectivity index (χ1v) is 6.43.